The van der Waals surface area contributed by atoms with Crippen molar-refractivity contribution < 1.29 is 0 Å². The van der Waals surface area contributed by atoms with Gasteiger partial charge >= 0.3 is 0 Å². The zero-order valence-electron chi connectivity index (χ0n) is 11.3. The van der Waals surface area contributed by atoms with E-state index in [1.54, 1.807) is 0 Å². The van der Waals surface area contributed by atoms with Gasteiger partial charge in [0.1, 0.15) is 0 Å². The molecule has 0 amide bonds. The van der Waals surface area contributed by atoms with E-state index >= 15 is 0 Å². The fraction of sp³-hybridized carbons (Fsp3) is 0.750. The Balaban J connectivity index is 1.69. The van der Waals surface area contributed by atoms with Crippen molar-refractivity contribution in [2.45, 2.75) is 44.6 Å². The van der Waals surface area contributed by atoms with Crippen LogP contribution in [0.5, 0.6) is 0 Å². The molecule has 4 fully saturated rings. The number of hydrogen-bond donors (Lipinski definition) is 1. The lowest BCUT2D eigenvalue weighted by Crippen LogP contribution is -2.51. The van der Waals surface area contributed by atoms with E-state index in [0.717, 1.165) is 17.8 Å². The Hall–Kier alpha value is -0.760. The molecule has 0 aromatic carbocycles. The van der Waals surface area contributed by atoms with Crippen molar-refractivity contribution >= 4 is 0 Å². The number of aryl methyl sites for hydroxylation is 1. The minimum absolute atomic E-state index is 0.255. The smallest absolute Gasteiger partial charge is 0.0507 e. The molecule has 0 aliphatic heterocycles. The lowest BCUT2D eigenvalue weighted by atomic mass is 9.47. The Morgan fingerprint density at radius 1 is 1.17 bits per heavy atom. The second-order valence-corrected chi connectivity index (χ2v) is 7.30. The molecule has 0 radical (unpaired) electrons. The summed E-state index contributed by atoms with van der Waals surface area (Å²) in [5, 5.41) is 0. The predicted molar refractivity (Wildman–Crippen MR) is 72.9 cm³/mol. The summed E-state index contributed by atoms with van der Waals surface area (Å²) in [5.41, 5.74) is 8.49. The Kier molecular flexibility index (Phi) is 2.24. The first-order chi connectivity index (χ1) is 8.66. The molecule has 2 heteroatoms. The number of nitrogens with zero attached hydrogens (tertiary/aromatic N) is 1. The summed E-state index contributed by atoms with van der Waals surface area (Å²) in [6.07, 6.45) is 10.8. The van der Waals surface area contributed by atoms with E-state index in [-0.39, 0.29) is 6.04 Å². The van der Waals surface area contributed by atoms with Crippen LogP contribution in [0.3, 0.4) is 0 Å². The summed E-state index contributed by atoms with van der Waals surface area (Å²) < 4.78 is 2.23. The molecule has 1 heterocycles. The third-order valence-corrected chi connectivity index (χ3v) is 6.05. The number of rotatable bonds is 2. The number of hydrogen-bond acceptors (Lipinski definition) is 1. The van der Waals surface area contributed by atoms with Gasteiger partial charge in [-0.1, -0.05) is 0 Å². The molecule has 98 valence electrons. The van der Waals surface area contributed by atoms with Crippen molar-refractivity contribution in [2.24, 2.45) is 36.0 Å². The lowest BCUT2D eigenvalue weighted by molar-refractivity contribution is -0.0688. The van der Waals surface area contributed by atoms with E-state index in [0.29, 0.717) is 5.41 Å². The molecule has 18 heavy (non-hydrogen) atoms. The van der Waals surface area contributed by atoms with Crippen molar-refractivity contribution in [1.29, 1.82) is 0 Å². The van der Waals surface area contributed by atoms with Gasteiger partial charge in [-0.15, -0.1) is 0 Å². The minimum atomic E-state index is 0.255. The summed E-state index contributed by atoms with van der Waals surface area (Å²) in [7, 11) is 2.13. The van der Waals surface area contributed by atoms with Crippen LogP contribution in [0.15, 0.2) is 18.3 Å². The summed E-state index contributed by atoms with van der Waals surface area (Å²) >= 11 is 0. The summed E-state index contributed by atoms with van der Waals surface area (Å²) in [5.74, 6) is 2.97. The monoisotopic (exact) mass is 244 g/mol. The van der Waals surface area contributed by atoms with Crippen LogP contribution in [0.1, 0.15) is 50.3 Å². The standard InChI is InChI=1S/C16H24N2/c1-18-4-2-3-14(18)15(17)16-8-11-5-12(9-16)7-13(6-11)10-16/h2-4,11-13,15H,5-10,17H2,1H3. The quantitative estimate of drug-likeness (QED) is 0.850. The second-order valence-electron chi connectivity index (χ2n) is 7.30. The molecule has 1 atom stereocenters. The Bertz CT molecular complexity index is 424. The first kappa shape index (κ1) is 11.1. The van der Waals surface area contributed by atoms with Gasteiger partial charge in [0.25, 0.3) is 0 Å². The third kappa shape index (κ3) is 1.45. The zero-order chi connectivity index (χ0) is 12.3. The molecular formula is C16H24N2. The molecule has 4 aliphatic rings. The molecule has 1 aromatic rings. The molecule has 0 saturated heterocycles. The maximum atomic E-state index is 6.72. The SMILES string of the molecule is Cn1cccc1C(N)C12CC3CC(CC(C3)C1)C2. The number of aromatic nitrogens is 1. The fourth-order valence-corrected chi connectivity index (χ4v) is 5.67. The van der Waals surface area contributed by atoms with Gasteiger partial charge in [0.05, 0.1) is 6.04 Å². The Morgan fingerprint density at radius 3 is 2.17 bits per heavy atom. The van der Waals surface area contributed by atoms with Gasteiger partial charge in [0.15, 0.2) is 0 Å². The van der Waals surface area contributed by atoms with Crippen molar-refractivity contribution in [2.75, 3.05) is 0 Å². The molecule has 4 aliphatic carbocycles. The molecule has 4 bridgehead atoms. The molecule has 4 saturated carbocycles. The summed E-state index contributed by atoms with van der Waals surface area (Å²) in [4.78, 5) is 0. The summed E-state index contributed by atoms with van der Waals surface area (Å²) in [6, 6.07) is 4.62. The lowest BCUT2D eigenvalue weighted by Gasteiger charge is -2.58. The van der Waals surface area contributed by atoms with Gasteiger partial charge in [0, 0.05) is 18.9 Å². The second kappa shape index (κ2) is 3.63. The highest BCUT2D eigenvalue weighted by atomic mass is 15.0. The van der Waals surface area contributed by atoms with E-state index in [4.69, 9.17) is 5.73 Å². The normalized spacial score (nSPS) is 43.3. The first-order valence-corrected chi connectivity index (χ1v) is 7.53. The third-order valence-electron chi connectivity index (χ3n) is 6.05. The van der Waals surface area contributed by atoms with Crippen LogP contribution in [-0.2, 0) is 7.05 Å². The van der Waals surface area contributed by atoms with Crippen molar-refractivity contribution in [3.8, 4) is 0 Å². The van der Waals surface area contributed by atoms with Crippen LogP contribution >= 0.6 is 0 Å². The van der Waals surface area contributed by atoms with Crippen LogP contribution in [0.2, 0.25) is 0 Å². The molecule has 0 spiro atoms. The van der Waals surface area contributed by atoms with E-state index in [1.165, 1.54) is 44.2 Å². The summed E-state index contributed by atoms with van der Waals surface area (Å²) in [6.45, 7) is 0. The Morgan fingerprint density at radius 2 is 1.72 bits per heavy atom. The Labute approximate surface area is 110 Å². The van der Waals surface area contributed by atoms with E-state index in [1.807, 2.05) is 0 Å². The van der Waals surface area contributed by atoms with Gasteiger partial charge in [0.2, 0.25) is 0 Å². The van der Waals surface area contributed by atoms with Crippen LogP contribution in [0.25, 0.3) is 0 Å². The molecule has 2 N–H and O–H groups in total. The predicted octanol–water partition coefficient (Wildman–Crippen LogP) is 3.24. The molecule has 1 aromatic heterocycles. The van der Waals surface area contributed by atoms with Gasteiger partial charge in [-0.25, -0.2) is 0 Å². The van der Waals surface area contributed by atoms with Crippen LogP contribution in [-0.4, -0.2) is 4.57 Å². The van der Waals surface area contributed by atoms with Crippen LogP contribution < -0.4 is 5.73 Å². The van der Waals surface area contributed by atoms with Crippen molar-refractivity contribution in [1.82, 2.24) is 4.57 Å². The number of nitrogens with two attached hydrogens (primary N) is 1. The average molecular weight is 244 g/mol. The maximum Gasteiger partial charge on any atom is 0.0507 e. The highest BCUT2D eigenvalue weighted by molar-refractivity contribution is 5.18. The molecule has 1 unspecified atom stereocenters. The van der Waals surface area contributed by atoms with Gasteiger partial charge in [-0.05, 0) is 73.8 Å². The molecule has 5 rings (SSSR count). The molecular weight excluding hydrogens is 220 g/mol. The van der Waals surface area contributed by atoms with Crippen molar-refractivity contribution in [3.63, 3.8) is 0 Å². The average Bonchev–Trinajstić information content (AvgIpc) is 2.72. The molecule has 2 nitrogen and oxygen atoms in total. The largest absolute Gasteiger partial charge is 0.353 e. The minimum Gasteiger partial charge on any atom is -0.353 e. The van der Waals surface area contributed by atoms with Gasteiger partial charge in [-0.2, -0.15) is 0 Å². The highest BCUT2D eigenvalue weighted by Gasteiger charge is 2.53. The van der Waals surface area contributed by atoms with Crippen LogP contribution in [0, 0.1) is 23.2 Å². The fourth-order valence-electron chi connectivity index (χ4n) is 5.67. The zero-order valence-corrected chi connectivity index (χ0v) is 11.3. The van der Waals surface area contributed by atoms with Gasteiger partial charge in [-0.3, -0.25) is 0 Å². The van der Waals surface area contributed by atoms with Crippen LogP contribution in [0.4, 0.5) is 0 Å². The first-order valence-electron chi connectivity index (χ1n) is 7.53. The van der Waals surface area contributed by atoms with Gasteiger partial charge < -0.3 is 10.3 Å². The topological polar surface area (TPSA) is 30.9 Å². The van der Waals surface area contributed by atoms with Crippen molar-refractivity contribution in [3.05, 3.63) is 24.0 Å². The highest BCUT2D eigenvalue weighted by Crippen LogP contribution is 2.63. The maximum absolute atomic E-state index is 6.72. The van der Waals surface area contributed by atoms with E-state index < -0.39 is 0 Å². The van der Waals surface area contributed by atoms with E-state index in [9.17, 15) is 0 Å². The van der Waals surface area contributed by atoms with E-state index in [2.05, 4.69) is 29.9 Å².